The molecule has 1 aliphatic rings. The van der Waals surface area contributed by atoms with Gasteiger partial charge < -0.3 is 4.52 Å². The Morgan fingerprint density at radius 3 is 2.45 bits per heavy atom. The Balaban J connectivity index is 1.86. The molecule has 2 aromatic rings. The molecule has 1 saturated carbocycles. The largest absolute Gasteiger partial charge is 0.471 e. The van der Waals surface area contributed by atoms with Gasteiger partial charge in [0, 0.05) is 23.4 Å². The highest BCUT2D eigenvalue weighted by Crippen LogP contribution is 2.33. The van der Waals surface area contributed by atoms with Crippen LogP contribution in [0.1, 0.15) is 56.0 Å². The van der Waals surface area contributed by atoms with Crippen LogP contribution in [0.4, 0.5) is 13.2 Å². The molecular formula is C15H16F3N3O. The molecule has 0 radical (unpaired) electrons. The van der Waals surface area contributed by atoms with E-state index in [1.54, 1.807) is 18.3 Å². The second kappa shape index (κ2) is 6.06. The summed E-state index contributed by atoms with van der Waals surface area (Å²) in [4.78, 5) is 7.80. The maximum Gasteiger partial charge on any atom is 0.471 e. The summed E-state index contributed by atoms with van der Waals surface area (Å²) in [5.74, 6) is -1.02. The topological polar surface area (TPSA) is 51.8 Å². The van der Waals surface area contributed by atoms with Gasteiger partial charge in [-0.05, 0) is 25.0 Å². The fourth-order valence-corrected chi connectivity index (χ4v) is 2.84. The van der Waals surface area contributed by atoms with Crippen LogP contribution in [0, 0.1) is 0 Å². The Kier molecular flexibility index (Phi) is 4.13. The molecule has 2 aromatic heterocycles. The molecule has 1 fully saturated rings. The van der Waals surface area contributed by atoms with Gasteiger partial charge in [-0.1, -0.05) is 30.8 Å². The second-order valence-corrected chi connectivity index (χ2v) is 5.58. The fourth-order valence-electron chi connectivity index (χ4n) is 2.84. The van der Waals surface area contributed by atoms with Crippen molar-refractivity contribution in [2.45, 2.75) is 50.6 Å². The van der Waals surface area contributed by atoms with E-state index in [1.165, 1.54) is 12.8 Å². The van der Waals surface area contributed by atoms with Gasteiger partial charge in [-0.3, -0.25) is 4.98 Å². The summed E-state index contributed by atoms with van der Waals surface area (Å²) in [5.41, 5.74) is 1.41. The molecule has 0 N–H and O–H groups in total. The van der Waals surface area contributed by atoms with E-state index < -0.39 is 12.1 Å². The minimum atomic E-state index is -4.62. The molecule has 0 bridgehead atoms. The van der Waals surface area contributed by atoms with E-state index in [9.17, 15) is 13.2 Å². The first-order valence-electron chi connectivity index (χ1n) is 7.41. The zero-order valence-corrected chi connectivity index (χ0v) is 11.9. The van der Waals surface area contributed by atoms with Gasteiger partial charge in [-0.2, -0.15) is 18.2 Å². The number of nitrogens with zero attached hydrogens (tertiary/aromatic N) is 3. The third-order valence-electron chi connectivity index (χ3n) is 3.98. The molecule has 2 heterocycles. The Morgan fingerprint density at radius 1 is 1.09 bits per heavy atom. The summed E-state index contributed by atoms with van der Waals surface area (Å²) < 4.78 is 41.9. The van der Waals surface area contributed by atoms with E-state index in [2.05, 4.69) is 19.6 Å². The van der Waals surface area contributed by atoms with Gasteiger partial charge in [0.15, 0.2) is 0 Å². The van der Waals surface area contributed by atoms with Crippen LogP contribution in [-0.2, 0) is 6.18 Å². The molecule has 3 rings (SSSR count). The van der Waals surface area contributed by atoms with Gasteiger partial charge in [-0.25, -0.2) is 0 Å². The molecule has 0 atom stereocenters. The first-order valence-corrected chi connectivity index (χ1v) is 7.41. The minimum absolute atomic E-state index is 0.0513. The molecule has 7 heteroatoms. The van der Waals surface area contributed by atoms with Gasteiger partial charge in [-0.15, -0.1) is 0 Å². The van der Waals surface area contributed by atoms with Crippen LogP contribution in [0.2, 0.25) is 0 Å². The number of hydrogen-bond donors (Lipinski definition) is 0. The maximum absolute atomic E-state index is 12.5. The summed E-state index contributed by atoms with van der Waals surface area (Å²) in [7, 11) is 0. The lowest BCUT2D eigenvalue weighted by atomic mass is 9.95. The van der Waals surface area contributed by atoms with Crippen LogP contribution >= 0.6 is 0 Å². The van der Waals surface area contributed by atoms with Crippen LogP contribution in [0.15, 0.2) is 22.9 Å². The Bertz CT molecular complexity index is 631. The zero-order chi connectivity index (χ0) is 15.6. The van der Waals surface area contributed by atoms with Crippen molar-refractivity contribution >= 4 is 0 Å². The normalized spacial score (nSPS) is 17.4. The van der Waals surface area contributed by atoms with Crippen molar-refractivity contribution in [1.29, 1.82) is 0 Å². The molecular weight excluding hydrogens is 295 g/mol. The standard InChI is InChI=1S/C15H16F3N3O/c16-15(17,18)14-20-13(21-22-14)11-7-8-19-12(9-11)10-5-3-1-2-4-6-10/h7-10H,1-6H2. The molecule has 0 unspecified atom stereocenters. The van der Waals surface area contributed by atoms with Crippen molar-refractivity contribution in [3.05, 3.63) is 29.9 Å². The minimum Gasteiger partial charge on any atom is -0.329 e. The highest BCUT2D eigenvalue weighted by Gasteiger charge is 2.38. The highest BCUT2D eigenvalue weighted by atomic mass is 19.4. The van der Waals surface area contributed by atoms with E-state index in [1.807, 2.05) is 0 Å². The molecule has 0 saturated heterocycles. The van der Waals surface area contributed by atoms with Gasteiger partial charge in [0.25, 0.3) is 0 Å². The van der Waals surface area contributed by atoms with E-state index in [4.69, 9.17) is 0 Å². The molecule has 4 nitrogen and oxygen atoms in total. The molecule has 0 aromatic carbocycles. The third-order valence-corrected chi connectivity index (χ3v) is 3.98. The Hall–Kier alpha value is -1.92. The lowest BCUT2D eigenvalue weighted by molar-refractivity contribution is -0.159. The highest BCUT2D eigenvalue weighted by molar-refractivity contribution is 5.54. The third kappa shape index (κ3) is 3.28. The molecule has 0 spiro atoms. The number of hydrogen-bond acceptors (Lipinski definition) is 4. The molecule has 118 valence electrons. The molecule has 0 aliphatic heterocycles. The number of rotatable bonds is 2. The number of pyridine rings is 1. The Labute approximate surface area is 125 Å². The van der Waals surface area contributed by atoms with Crippen LogP contribution in [-0.4, -0.2) is 15.1 Å². The maximum atomic E-state index is 12.5. The first-order chi connectivity index (χ1) is 10.5. The predicted molar refractivity (Wildman–Crippen MR) is 73.0 cm³/mol. The van der Waals surface area contributed by atoms with Crippen molar-refractivity contribution < 1.29 is 17.7 Å². The van der Waals surface area contributed by atoms with Gasteiger partial charge in [0.05, 0.1) is 0 Å². The number of aromatic nitrogens is 3. The van der Waals surface area contributed by atoms with Crippen LogP contribution in [0.3, 0.4) is 0 Å². The fraction of sp³-hybridized carbons (Fsp3) is 0.533. The second-order valence-electron chi connectivity index (χ2n) is 5.58. The van der Waals surface area contributed by atoms with Crippen LogP contribution in [0.25, 0.3) is 11.4 Å². The molecule has 22 heavy (non-hydrogen) atoms. The monoisotopic (exact) mass is 311 g/mol. The molecule has 1 aliphatic carbocycles. The quantitative estimate of drug-likeness (QED) is 0.761. The summed E-state index contributed by atoms with van der Waals surface area (Å²) in [6.45, 7) is 0. The average Bonchev–Trinajstić information content (AvgIpc) is 2.84. The summed E-state index contributed by atoms with van der Waals surface area (Å²) in [5, 5.41) is 3.42. The van der Waals surface area contributed by atoms with Crippen molar-refractivity contribution in [3.8, 4) is 11.4 Å². The Morgan fingerprint density at radius 2 is 1.82 bits per heavy atom. The van der Waals surface area contributed by atoms with E-state index in [-0.39, 0.29) is 5.82 Å². The summed E-state index contributed by atoms with van der Waals surface area (Å²) in [6, 6.07) is 3.38. The van der Waals surface area contributed by atoms with Crippen LogP contribution < -0.4 is 0 Å². The number of halogens is 3. The smallest absolute Gasteiger partial charge is 0.329 e. The van der Waals surface area contributed by atoms with E-state index in [0.717, 1.165) is 31.4 Å². The average molecular weight is 311 g/mol. The lowest BCUT2D eigenvalue weighted by Crippen LogP contribution is -2.05. The summed E-state index contributed by atoms with van der Waals surface area (Å²) in [6.07, 6.45) is 3.90. The van der Waals surface area contributed by atoms with Gasteiger partial charge >= 0.3 is 12.1 Å². The van der Waals surface area contributed by atoms with Gasteiger partial charge in [0.1, 0.15) is 0 Å². The van der Waals surface area contributed by atoms with E-state index in [0.29, 0.717) is 11.5 Å². The van der Waals surface area contributed by atoms with Crippen LogP contribution in [0.5, 0.6) is 0 Å². The van der Waals surface area contributed by atoms with Crippen molar-refractivity contribution in [2.24, 2.45) is 0 Å². The SMILES string of the molecule is FC(F)(F)c1nc(-c2ccnc(C3CCCCCC3)c2)no1. The number of alkyl halides is 3. The predicted octanol–water partition coefficient (Wildman–Crippen LogP) is 4.59. The van der Waals surface area contributed by atoms with Crippen molar-refractivity contribution in [2.75, 3.05) is 0 Å². The lowest BCUT2D eigenvalue weighted by Gasteiger charge is -2.13. The van der Waals surface area contributed by atoms with E-state index >= 15 is 0 Å². The van der Waals surface area contributed by atoms with Gasteiger partial charge in [0.2, 0.25) is 5.82 Å². The van der Waals surface area contributed by atoms with Crippen molar-refractivity contribution in [3.63, 3.8) is 0 Å². The van der Waals surface area contributed by atoms with Crippen molar-refractivity contribution in [1.82, 2.24) is 15.1 Å². The summed E-state index contributed by atoms with van der Waals surface area (Å²) >= 11 is 0. The molecule has 0 amide bonds. The first kappa shape index (κ1) is 15.0. The zero-order valence-electron chi connectivity index (χ0n) is 11.9.